The summed E-state index contributed by atoms with van der Waals surface area (Å²) in [6, 6.07) is 19.5. The number of carbonyl (C=O) groups excluding carboxylic acids is 1. The number of pyridine rings is 2. The van der Waals surface area contributed by atoms with Gasteiger partial charge in [0.2, 0.25) is 0 Å². The molecule has 0 atom stereocenters. The Morgan fingerprint density at radius 3 is 2.14 bits per heavy atom. The zero-order chi connectivity index (χ0) is 25.3. The van der Waals surface area contributed by atoms with Crippen LogP contribution in [0, 0.1) is 5.82 Å². The second kappa shape index (κ2) is 9.88. The van der Waals surface area contributed by atoms with Crippen molar-refractivity contribution in [3.05, 3.63) is 93.5 Å². The molecule has 1 amide bonds. The van der Waals surface area contributed by atoms with E-state index in [0.717, 1.165) is 5.69 Å². The molecule has 4 rings (SSSR count). The summed E-state index contributed by atoms with van der Waals surface area (Å²) in [6.45, 7) is 7.39. The number of nitrogens with one attached hydrogen (secondary N) is 1. The Balaban J connectivity index is 2.06. The molecule has 0 saturated carbocycles. The monoisotopic (exact) mass is 492 g/mol. The van der Waals surface area contributed by atoms with Gasteiger partial charge in [-0.05, 0) is 52.0 Å². The lowest BCUT2D eigenvalue weighted by Gasteiger charge is -2.30. The largest absolute Gasteiger partial charge is 0.341 e. The van der Waals surface area contributed by atoms with E-state index in [1.54, 1.807) is 4.57 Å². The molecule has 0 spiro atoms. The Hall–Kier alpha value is -3.71. The van der Waals surface area contributed by atoms with Crippen molar-refractivity contribution in [2.45, 2.75) is 39.8 Å². The van der Waals surface area contributed by atoms with Crippen LogP contribution in [0.1, 0.15) is 38.2 Å². The first-order valence-corrected chi connectivity index (χ1v) is 11.7. The number of nitrogens with zero attached hydrogens (tertiary/aromatic N) is 3. The molecule has 35 heavy (non-hydrogen) atoms. The minimum atomic E-state index is -1.00. The molecule has 0 fully saturated rings. The lowest BCUT2D eigenvalue weighted by atomic mass is 10.1. The molecular weight excluding hydrogens is 467 g/mol. The normalized spacial score (nSPS) is 11.3. The van der Waals surface area contributed by atoms with Gasteiger partial charge in [-0.15, -0.1) is 0 Å². The van der Waals surface area contributed by atoms with Crippen LogP contribution in [0.25, 0.3) is 16.7 Å². The van der Waals surface area contributed by atoms with Crippen LogP contribution >= 0.6 is 11.6 Å². The van der Waals surface area contributed by atoms with E-state index in [2.05, 4.69) is 10.3 Å². The highest BCUT2D eigenvalue weighted by molar-refractivity contribution is 6.35. The standard InChI is InChI=1S/C27H26ClFN4O2/c1-16(2)32(17(3)4)27(35)25-24(29)23(28)22-20(34)15-21(30-18-11-7-5-8-12-18)33(26(22)31-25)19-13-9-6-10-14-19/h5-17,30H,1-4H3. The van der Waals surface area contributed by atoms with Gasteiger partial charge in [-0.3, -0.25) is 14.2 Å². The van der Waals surface area contributed by atoms with Crippen LogP contribution in [0.5, 0.6) is 0 Å². The van der Waals surface area contributed by atoms with Gasteiger partial charge in [0.25, 0.3) is 5.91 Å². The van der Waals surface area contributed by atoms with Crippen molar-refractivity contribution in [1.29, 1.82) is 0 Å². The summed E-state index contributed by atoms with van der Waals surface area (Å²) < 4.78 is 17.1. The van der Waals surface area contributed by atoms with Crippen LogP contribution in [0.2, 0.25) is 5.02 Å². The molecule has 180 valence electrons. The van der Waals surface area contributed by atoms with Crippen LogP contribution in [-0.2, 0) is 0 Å². The SMILES string of the molecule is CC(C)N(C(=O)c1nc2c(c(Cl)c1F)c(=O)cc(Nc1ccccc1)n2-c1ccccc1)C(C)C. The summed E-state index contributed by atoms with van der Waals surface area (Å²) in [4.78, 5) is 32.5. The molecule has 0 unspecified atom stereocenters. The summed E-state index contributed by atoms with van der Waals surface area (Å²) in [5.41, 5.74) is 0.557. The van der Waals surface area contributed by atoms with Gasteiger partial charge < -0.3 is 10.2 Å². The van der Waals surface area contributed by atoms with E-state index in [-0.39, 0.29) is 23.1 Å². The molecule has 0 radical (unpaired) electrons. The number of hydrogen-bond acceptors (Lipinski definition) is 4. The first-order chi connectivity index (χ1) is 16.7. The molecule has 2 aromatic carbocycles. The van der Waals surface area contributed by atoms with E-state index >= 15 is 4.39 Å². The van der Waals surface area contributed by atoms with Gasteiger partial charge in [-0.25, -0.2) is 9.37 Å². The molecule has 0 aliphatic rings. The molecule has 4 aromatic rings. The third kappa shape index (κ3) is 4.64. The smallest absolute Gasteiger partial charge is 0.276 e. The number of fused-ring (bicyclic) bond motifs is 1. The average molecular weight is 493 g/mol. The maximum atomic E-state index is 15.4. The Morgan fingerprint density at radius 1 is 1.00 bits per heavy atom. The Bertz CT molecular complexity index is 1430. The van der Waals surface area contributed by atoms with Crippen molar-refractivity contribution in [3.63, 3.8) is 0 Å². The third-order valence-electron chi connectivity index (χ3n) is 5.64. The van der Waals surface area contributed by atoms with Crippen molar-refractivity contribution < 1.29 is 9.18 Å². The highest BCUT2D eigenvalue weighted by Gasteiger charge is 2.29. The van der Waals surface area contributed by atoms with Crippen molar-refractivity contribution in [3.8, 4) is 5.69 Å². The maximum absolute atomic E-state index is 15.4. The zero-order valence-corrected chi connectivity index (χ0v) is 20.7. The third-order valence-corrected chi connectivity index (χ3v) is 5.99. The molecular formula is C27H26ClFN4O2. The summed E-state index contributed by atoms with van der Waals surface area (Å²) in [7, 11) is 0. The quantitative estimate of drug-likeness (QED) is 0.349. The van der Waals surface area contributed by atoms with Crippen molar-refractivity contribution in [2.24, 2.45) is 0 Å². The molecule has 8 heteroatoms. The van der Waals surface area contributed by atoms with Gasteiger partial charge in [-0.1, -0.05) is 48.0 Å². The molecule has 0 bridgehead atoms. The van der Waals surface area contributed by atoms with Crippen LogP contribution in [0.4, 0.5) is 15.9 Å². The van der Waals surface area contributed by atoms with Gasteiger partial charge in [-0.2, -0.15) is 0 Å². The molecule has 0 saturated heterocycles. The van der Waals surface area contributed by atoms with Crippen molar-refractivity contribution in [2.75, 3.05) is 5.32 Å². The van der Waals surface area contributed by atoms with Gasteiger partial charge in [0.1, 0.15) is 5.82 Å². The summed E-state index contributed by atoms with van der Waals surface area (Å²) in [5.74, 6) is -1.20. The van der Waals surface area contributed by atoms with Gasteiger partial charge in [0.05, 0.1) is 10.4 Å². The van der Waals surface area contributed by atoms with Gasteiger partial charge in [0.15, 0.2) is 22.6 Å². The summed E-state index contributed by atoms with van der Waals surface area (Å²) in [6.07, 6.45) is 0. The van der Waals surface area contributed by atoms with E-state index in [1.165, 1.54) is 11.0 Å². The fourth-order valence-electron chi connectivity index (χ4n) is 4.21. The fourth-order valence-corrected chi connectivity index (χ4v) is 4.47. The molecule has 0 aliphatic heterocycles. The zero-order valence-electron chi connectivity index (χ0n) is 19.9. The van der Waals surface area contributed by atoms with Gasteiger partial charge in [0, 0.05) is 29.5 Å². The number of halogens is 2. The number of para-hydroxylation sites is 2. The number of carbonyl (C=O) groups is 1. The van der Waals surface area contributed by atoms with Crippen molar-refractivity contribution in [1.82, 2.24) is 14.5 Å². The Labute approximate surface area is 208 Å². The molecule has 6 nitrogen and oxygen atoms in total. The fraction of sp³-hybridized carbons (Fsp3) is 0.222. The van der Waals surface area contributed by atoms with Crippen molar-refractivity contribution >= 4 is 40.0 Å². The minimum absolute atomic E-state index is 0.0874. The van der Waals surface area contributed by atoms with E-state index in [0.29, 0.717) is 11.5 Å². The van der Waals surface area contributed by atoms with Gasteiger partial charge >= 0.3 is 0 Å². The molecule has 2 heterocycles. The molecule has 0 aliphatic carbocycles. The average Bonchev–Trinajstić information content (AvgIpc) is 2.82. The first-order valence-electron chi connectivity index (χ1n) is 11.4. The predicted octanol–water partition coefficient (Wildman–Crippen LogP) is 6.18. The number of hydrogen-bond donors (Lipinski definition) is 1. The highest BCUT2D eigenvalue weighted by Crippen LogP contribution is 2.31. The Kier molecular flexibility index (Phi) is 6.89. The van der Waals surface area contributed by atoms with E-state index in [9.17, 15) is 9.59 Å². The topological polar surface area (TPSA) is 67.2 Å². The van der Waals surface area contributed by atoms with E-state index in [4.69, 9.17) is 11.6 Å². The maximum Gasteiger partial charge on any atom is 0.276 e. The second-order valence-corrected chi connectivity index (χ2v) is 9.12. The molecule has 2 aromatic heterocycles. The minimum Gasteiger partial charge on any atom is -0.341 e. The van der Waals surface area contributed by atoms with Crippen LogP contribution < -0.4 is 10.7 Å². The lowest BCUT2D eigenvalue weighted by Crippen LogP contribution is -2.43. The van der Waals surface area contributed by atoms with Crippen LogP contribution in [-0.4, -0.2) is 32.4 Å². The van der Waals surface area contributed by atoms with Crippen LogP contribution in [0.15, 0.2) is 71.5 Å². The second-order valence-electron chi connectivity index (χ2n) is 8.74. The number of benzene rings is 2. The lowest BCUT2D eigenvalue weighted by molar-refractivity contribution is 0.0632. The van der Waals surface area contributed by atoms with Crippen LogP contribution in [0.3, 0.4) is 0 Å². The summed E-state index contributed by atoms with van der Waals surface area (Å²) >= 11 is 6.40. The number of amides is 1. The first kappa shape index (κ1) is 24.4. The molecule has 1 N–H and O–H groups in total. The van der Waals surface area contributed by atoms with E-state index in [1.807, 2.05) is 88.4 Å². The summed E-state index contributed by atoms with van der Waals surface area (Å²) in [5, 5.41) is 2.72. The number of anilines is 2. The predicted molar refractivity (Wildman–Crippen MR) is 138 cm³/mol. The number of aromatic nitrogens is 2. The Morgan fingerprint density at radius 2 is 1.57 bits per heavy atom. The van der Waals surface area contributed by atoms with E-state index < -0.39 is 27.9 Å². The number of rotatable bonds is 6. The highest BCUT2D eigenvalue weighted by atomic mass is 35.5.